The summed E-state index contributed by atoms with van der Waals surface area (Å²) in [5.74, 6) is -2.84. The monoisotopic (exact) mass is 525 g/mol. The molecule has 2 aliphatic rings. The molecule has 4 atom stereocenters. The summed E-state index contributed by atoms with van der Waals surface area (Å²) in [4.78, 5) is 15.2. The number of nitrogens with zero attached hydrogens (tertiary/aromatic N) is 1. The van der Waals surface area contributed by atoms with E-state index in [1.54, 1.807) is 32.0 Å². The molecule has 5 nitrogen and oxygen atoms in total. The van der Waals surface area contributed by atoms with Gasteiger partial charge in [0, 0.05) is 22.5 Å². The van der Waals surface area contributed by atoms with Gasteiger partial charge in [-0.3, -0.25) is 4.79 Å². The van der Waals surface area contributed by atoms with Crippen molar-refractivity contribution in [3.05, 3.63) is 69.2 Å². The highest BCUT2D eigenvalue weighted by Crippen LogP contribution is 2.58. The molecule has 4 rings (SSSR count). The van der Waals surface area contributed by atoms with Gasteiger partial charge in [-0.25, -0.2) is 13.7 Å². The number of fused-ring (bicyclic) bond motifs is 1. The molecule has 4 N–H and O–H groups in total. The molecule has 0 saturated carbocycles. The third kappa shape index (κ3) is 4.25. The van der Waals surface area contributed by atoms with Crippen molar-refractivity contribution in [1.82, 2.24) is 4.90 Å². The molecule has 0 aliphatic carbocycles. The second-order valence-electron chi connectivity index (χ2n) is 10.8. The fourth-order valence-electron chi connectivity index (χ4n) is 6.03. The summed E-state index contributed by atoms with van der Waals surface area (Å²) in [6.07, 6.45) is 1.13. The van der Waals surface area contributed by atoms with Crippen LogP contribution in [0.25, 0.3) is 0 Å². The average molecular weight is 526 g/mol. The first-order valence-electron chi connectivity index (χ1n) is 11.6. The molecule has 0 spiro atoms. The molecular formula is C26H31Cl2F2N3O2. The Morgan fingerprint density at radius 1 is 1.17 bits per heavy atom. The van der Waals surface area contributed by atoms with E-state index in [-0.39, 0.29) is 26.6 Å². The van der Waals surface area contributed by atoms with Gasteiger partial charge in [-0.1, -0.05) is 55.2 Å². The van der Waals surface area contributed by atoms with Gasteiger partial charge in [0.1, 0.15) is 17.7 Å². The van der Waals surface area contributed by atoms with E-state index in [4.69, 9.17) is 39.4 Å². The Hall–Kier alpha value is -1.77. The Balaban J connectivity index is 2.04. The molecule has 0 aromatic heterocycles. The summed E-state index contributed by atoms with van der Waals surface area (Å²) in [5, 5.41) is 0.101. The number of halogens is 4. The number of carbonyl (C=O) groups is 1. The van der Waals surface area contributed by atoms with E-state index in [0.717, 1.165) is 0 Å². The van der Waals surface area contributed by atoms with E-state index >= 15 is 8.78 Å². The van der Waals surface area contributed by atoms with Crippen molar-refractivity contribution in [2.45, 2.75) is 69.8 Å². The standard InChI is InChI=1S/C26H31Cl2F2N3O2/c1-24(2,10-11-31)13-19-26(32,16-9-8-14(27)12-18(16)29)20(15-6-5-7-17(28)21(15)30)22-23(34)35-25(3,4)33(19)22/h5-9,12,19-20,22H,10-11,13,31-32H2,1-4H3/t19-,20-,22+,26+/m0/s1. The zero-order valence-corrected chi connectivity index (χ0v) is 21.8. The van der Waals surface area contributed by atoms with Gasteiger partial charge < -0.3 is 16.2 Å². The number of benzene rings is 2. The van der Waals surface area contributed by atoms with E-state index in [1.807, 2.05) is 18.7 Å². The van der Waals surface area contributed by atoms with Crippen LogP contribution in [0, 0.1) is 17.0 Å². The van der Waals surface area contributed by atoms with Gasteiger partial charge in [0.05, 0.1) is 10.6 Å². The smallest absolute Gasteiger partial charge is 0.325 e. The SMILES string of the molecule is CC(C)(CCN)C[C@@H]1N2[C@@H](C(=O)OC2(C)C)[C@H](c2cccc(Cl)c2F)[C@@]1(N)c1ccc(Cl)cc1F. The van der Waals surface area contributed by atoms with Crippen LogP contribution in [-0.4, -0.2) is 35.2 Å². The van der Waals surface area contributed by atoms with Crippen LogP contribution >= 0.6 is 23.2 Å². The molecule has 0 unspecified atom stereocenters. The third-order valence-corrected chi connectivity index (χ3v) is 8.04. The van der Waals surface area contributed by atoms with Gasteiger partial charge >= 0.3 is 5.97 Å². The largest absolute Gasteiger partial charge is 0.443 e. The Labute approximate surface area is 214 Å². The Morgan fingerprint density at radius 3 is 2.49 bits per heavy atom. The fourth-order valence-corrected chi connectivity index (χ4v) is 6.37. The number of cyclic esters (lactones) is 1. The fraction of sp³-hybridized carbons (Fsp3) is 0.500. The normalized spacial score (nSPS) is 28.3. The molecule has 0 radical (unpaired) electrons. The maximum absolute atomic E-state index is 15.6. The molecule has 35 heavy (non-hydrogen) atoms. The zero-order valence-electron chi connectivity index (χ0n) is 20.2. The molecule has 0 bridgehead atoms. The summed E-state index contributed by atoms with van der Waals surface area (Å²) in [5.41, 5.74) is 10.6. The van der Waals surface area contributed by atoms with Crippen molar-refractivity contribution in [1.29, 1.82) is 0 Å². The number of ether oxygens (including phenoxy) is 1. The van der Waals surface area contributed by atoms with Crippen molar-refractivity contribution in [2.75, 3.05) is 6.54 Å². The lowest BCUT2D eigenvalue weighted by molar-refractivity contribution is -0.152. The Morgan fingerprint density at radius 2 is 1.86 bits per heavy atom. The van der Waals surface area contributed by atoms with Crippen LogP contribution in [0.2, 0.25) is 10.0 Å². The van der Waals surface area contributed by atoms with Crippen LogP contribution in [0.5, 0.6) is 0 Å². The lowest BCUT2D eigenvalue weighted by Crippen LogP contribution is -2.57. The lowest BCUT2D eigenvalue weighted by atomic mass is 9.67. The number of hydrogen-bond acceptors (Lipinski definition) is 5. The van der Waals surface area contributed by atoms with E-state index in [0.29, 0.717) is 19.4 Å². The number of carbonyl (C=O) groups excluding carboxylic acids is 1. The molecule has 0 amide bonds. The minimum Gasteiger partial charge on any atom is -0.443 e. The van der Waals surface area contributed by atoms with Crippen molar-refractivity contribution in [3.63, 3.8) is 0 Å². The van der Waals surface area contributed by atoms with Crippen LogP contribution in [0.4, 0.5) is 8.78 Å². The van der Waals surface area contributed by atoms with E-state index in [9.17, 15) is 4.79 Å². The highest BCUT2D eigenvalue weighted by Gasteiger charge is 2.69. The quantitative estimate of drug-likeness (QED) is 0.498. The van der Waals surface area contributed by atoms with Gasteiger partial charge in [0.15, 0.2) is 5.72 Å². The van der Waals surface area contributed by atoms with Crippen molar-refractivity contribution in [3.8, 4) is 0 Å². The van der Waals surface area contributed by atoms with Gasteiger partial charge in [0.2, 0.25) is 0 Å². The lowest BCUT2D eigenvalue weighted by Gasteiger charge is -2.45. The van der Waals surface area contributed by atoms with Crippen LogP contribution < -0.4 is 11.5 Å². The summed E-state index contributed by atoms with van der Waals surface area (Å²) in [6.45, 7) is 8.08. The van der Waals surface area contributed by atoms with Crippen molar-refractivity contribution < 1.29 is 18.3 Å². The minimum atomic E-state index is -1.52. The minimum absolute atomic E-state index is 0.106. The molecule has 190 valence electrons. The van der Waals surface area contributed by atoms with Gasteiger partial charge in [-0.15, -0.1) is 0 Å². The second kappa shape index (κ2) is 8.96. The molecule has 2 heterocycles. The predicted octanol–water partition coefficient (Wildman–Crippen LogP) is 5.32. The Bertz CT molecular complexity index is 1160. The highest BCUT2D eigenvalue weighted by atomic mass is 35.5. The van der Waals surface area contributed by atoms with Gasteiger partial charge in [-0.05, 0) is 62.4 Å². The molecule has 9 heteroatoms. The maximum atomic E-state index is 15.6. The number of nitrogens with two attached hydrogens (primary N) is 2. The number of rotatable bonds is 6. The summed E-state index contributed by atoms with van der Waals surface area (Å²) >= 11 is 12.2. The predicted molar refractivity (Wildman–Crippen MR) is 133 cm³/mol. The maximum Gasteiger partial charge on any atom is 0.325 e. The molecule has 2 aromatic carbocycles. The Kier molecular flexibility index (Phi) is 6.73. The summed E-state index contributed by atoms with van der Waals surface area (Å²) < 4.78 is 36.9. The summed E-state index contributed by atoms with van der Waals surface area (Å²) in [7, 11) is 0. The van der Waals surface area contributed by atoms with Crippen molar-refractivity contribution in [2.24, 2.45) is 16.9 Å². The molecule has 2 aromatic rings. The van der Waals surface area contributed by atoms with E-state index in [1.165, 1.54) is 18.2 Å². The zero-order chi connectivity index (χ0) is 25.9. The van der Waals surface area contributed by atoms with E-state index < -0.39 is 46.9 Å². The highest BCUT2D eigenvalue weighted by molar-refractivity contribution is 6.31. The second-order valence-corrected chi connectivity index (χ2v) is 11.7. The van der Waals surface area contributed by atoms with Crippen LogP contribution in [0.15, 0.2) is 36.4 Å². The topological polar surface area (TPSA) is 81.6 Å². The first-order chi connectivity index (χ1) is 16.2. The van der Waals surface area contributed by atoms with Crippen LogP contribution in [-0.2, 0) is 15.1 Å². The van der Waals surface area contributed by atoms with Gasteiger partial charge in [-0.2, -0.15) is 0 Å². The van der Waals surface area contributed by atoms with Crippen LogP contribution in [0.3, 0.4) is 0 Å². The van der Waals surface area contributed by atoms with Crippen molar-refractivity contribution >= 4 is 29.2 Å². The average Bonchev–Trinajstić information content (AvgIpc) is 3.12. The summed E-state index contributed by atoms with van der Waals surface area (Å²) in [6, 6.07) is 7.28. The number of esters is 1. The third-order valence-electron chi connectivity index (χ3n) is 7.51. The van der Waals surface area contributed by atoms with E-state index in [2.05, 4.69) is 0 Å². The van der Waals surface area contributed by atoms with Gasteiger partial charge in [0.25, 0.3) is 0 Å². The first kappa shape index (κ1) is 26.3. The van der Waals surface area contributed by atoms with Crippen LogP contribution in [0.1, 0.15) is 57.6 Å². The number of hydrogen-bond donors (Lipinski definition) is 2. The molecule has 2 aliphatic heterocycles. The molecule has 2 fully saturated rings. The molecular weight excluding hydrogens is 495 g/mol. The first-order valence-corrected chi connectivity index (χ1v) is 12.4. The molecule has 2 saturated heterocycles.